The van der Waals surface area contributed by atoms with Gasteiger partial charge in [-0.2, -0.15) is 0 Å². The molecule has 28 heavy (non-hydrogen) atoms. The minimum atomic E-state index is -0.110. The molecule has 2 aromatic rings. The number of thiazole rings is 1. The topological polar surface area (TPSA) is 62.7 Å². The first-order chi connectivity index (χ1) is 13.4. The zero-order valence-corrected chi connectivity index (χ0v) is 17.7. The summed E-state index contributed by atoms with van der Waals surface area (Å²) in [6.07, 6.45) is 1.62. The molecule has 1 fully saturated rings. The van der Waals surface area contributed by atoms with Crippen molar-refractivity contribution in [2.24, 2.45) is 5.92 Å². The molecule has 150 valence electrons. The summed E-state index contributed by atoms with van der Waals surface area (Å²) in [4.78, 5) is 32.7. The molecule has 1 aliphatic rings. The van der Waals surface area contributed by atoms with Crippen LogP contribution in [0.5, 0.6) is 0 Å². The van der Waals surface area contributed by atoms with Gasteiger partial charge in [0.2, 0.25) is 5.91 Å². The van der Waals surface area contributed by atoms with Crippen LogP contribution in [-0.2, 0) is 20.9 Å². The highest BCUT2D eigenvalue weighted by molar-refractivity contribution is 7.14. The smallest absolute Gasteiger partial charge is 0.308 e. The lowest BCUT2D eigenvalue weighted by Crippen LogP contribution is -2.36. The number of methoxy groups -OCH3 is 1. The van der Waals surface area contributed by atoms with Crippen molar-refractivity contribution in [3.8, 4) is 0 Å². The van der Waals surface area contributed by atoms with E-state index in [4.69, 9.17) is 9.72 Å². The van der Waals surface area contributed by atoms with Gasteiger partial charge in [0.1, 0.15) is 0 Å². The molecule has 3 rings (SSSR count). The fourth-order valence-corrected chi connectivity index (χ4v) is 4.53. The van der Waals surface area contributed by atoms with Gasteiger partial charge in [-0.3, -0.25) is 19.4 Å². The van der Waals surface area contributed by atoms with E-state index in [-0.39, 0.29) is 17.8 Å². The van der Waals surface area contributed by atoms with E-state index in [1.807, 2.05) is 31.4 Å². The number of hydrogen-bond donors (Lipinski definition) is 0. The van der Waals surface area contributed by atoms with Gasteiger partial charge in [0.15, 0.2) is 5.13 Å². The maximum Gasteiger partial charge on any atom is 0.308 e. The van der Waals surface area contributed by atoms with Crippen LogP contribution in [0, 0.1) is 19.8 Å². The monoisotopic (exact) mass is 401 g/mol. The molecular weight excluding hydrogens is 374 g/mol. The molecule has 0 spiro atoms. The lowest BCUT2D eigenvalue weighted by atomic mass is 9.97. The number of aromatic nitrogens is 1. The van der Waals surface area contributed by atoms with Crippen molar-refractivity contribution in [1.82, 2.24) is 9.88 Å². The lowest BCUT2D eigenvalue weighted by Gasteiger charge is -2.29. The number of amides is 1. The summed E-state index contributed by atoms with van der Waals surface area (Å²) in [7, 11) is 1.45. The summed E-state index contributed by atoms with van der Waals surface area (Å²) in [5.41, 5.74) is 4.04. The molecule has 1 aromatic heterocycles. The fourth-order valence-electron chi connectivity index (χ4n) is 3.66. The Balaban J connectivity index is 1.70. The summed E-state index contributed by atoms with van der Waals surface area (Å²) in [5, 5.41) is 2.71. The Morgan fingerprint density at radius 1 is 1.29 bits per heavy atom. The van der Waals surface area contributed by atoms with Gasteiger partial charge < -0.3 is 4.74 Å². The van der Waals surface area contributed by atoms with Crippen LogP contribution in [0.3, 0.4) is 0 Å². The summed E-state index contributed by atoms with van der Waals surface area (Å²) in [6.45, 7) is 8.04. The van der Waals surface area contributed by atoms with Crippen molar-refractivity contribution in [1.29, 1.82) is 0 Å². The van der Waals surface area contributed by atoms with Gasteiger partial charge in [0.05, 0.1) is 24.4 Å². The van der Waals surface area contributed by atoms with E-state index in [0.717, 1.165) is 49.4 Å². The van der Waals surface area contributed by atoms with E-state index >= 15 is 0 Å². The predicted molar refractivity (Wildman–Crippen MR) is 111 cm³/mol. The van der Waals surface area contributed by atoms with Crippen molar-refractivity contribution in [2.45, 2.75) is 40.2 Å². The first kappa shape index (κ1) is 20.5. The van der Waals surface area contributed by atoms with E-state index < -0.39 is 0 Å². The van der Waals surface area contributed by atoms with Crippen molar-refractivity contribution in [3.63, 3.8) is 0 Å². The number of rotatable bonds is 5. The summed E-state index contributed by atoms with van der Waals surface area (Å²) >= 11 is 1.48. The first-order valence-corrected chi connectivity index (χ1v) is 10.4. The number of nitrogens with zero attached hydrogens (tertiary/aromatic N) is 3. The van der Waals surface area contributed by atoms with Crippen LogP contribution in [0.2, 0.25) is 0 Å². The Bertz CT molecular complexity index is 856. The largest absolute Gasteiger partial charge is 0.469 e. The molecule has 0 aliphatic carbocycles. The van der Waals surface area contributed by atoms with Crippen molar-refractivity contribution >= 4 is 34.0 Å². The molecule has 1 aliphatic heterocycles. The Labute approximate surface area is 170 Å². The second-order valence-electron chi connectivity index (χ2n) is 7.34. The van der Waals surface area contributed by atoms with Crippen LogP contribution in [-0.4, -0.2) is 42.0 Å². The molecule has 1 amide bonds. The van der Waals surface area contributed by atoms with Gasteiger partial charge in [-0.25, -0.2) is 4.98 Å². The quantitative estimate of drug-likeness (QED) is 0.713. The van der Waals surface area contributed by atoms with Crippen LogP contribution in [0.15, 0.2) is 23.6 Å². The summed E-state index contributed by atoms with van der Waals surface area (Å²) in [5.74, 6) is -0.155. The Hall–Kier alpha value is -2.25. The molecule has 0 unspecified atom stereocenters. The van der Waals surface area contributed by atoms with Crippen molar-refractivity contribution in [3.05, 3.63) is 40.4 Å². The molecular formula is C21H27N3O3S. The number of anilines is 2. The van der Waals surface area contributed by atoms with E-state index in [9.17, 15) is 9.59 Å². The van der Waals surface area contributed by atoms with E-state index in [2.05, 4.69) is 11.0 Å². The van der Waals surface area contributed by atoms with Crippen LogP contribution >= 0.6 is 11.3 Å². The third kappa shape index (κ3) is 4.59. The molecule has 0 N–H and O–H groups in total. The number of ether oxygens (including phenoxy) is 1. The molecule has 0 saturated carbocycles. The zero-order valence-electron chi connectivity index (χ0n) is 16.9. The minimum Gasteiger partial charge on any atom is -0.469 e. The third-order valence-electron chi connectivity index (χ3n) is 5.15. The van der Waals surface area contributed by atoms with Crippen molar-refractivity contribution < 1.29 is 14.3 Å². The average Bonchev–Trinajstić information content (AvgIpc) is 3.11. The van der Waals surface area contributed by atoms with Gasteiger partial charge in [0, 0.05) is 18.8 Å². The fraction of sp³-hybridized carbons (Fsp3) is 0.476. The molecule has 0 bridgehead atoms. The third-order valence-corrected chi connectivity index (χ3v) is 6.02. The number of esters is 1. The van der Waals surface area contributed by atoms with Gasteiger partial charge in [-0.1, -0.05) is 17.7 Å². The van der Waals surface area contributed by atoms with Crippen LogP contribution < -0.4 is 4.90 Å². The summed E-state index contributed by atoms with van der Waals surface area (Å²) < 4.78 is 4.85. The molecule has 7 heteroatoms. The Morgan fingerprint density at radius 3 is 2.61 bits per heavy atom. The molecule has 2 heterocycles. The summed E-state index contributed by atoms with van der Waals surface area (Å²) in [6, 6.07) is 6.06. The zero-order chi connectivity index (χ0) is 20.3. The molecule has 6 nitrogen and oxygen atoms in total. The molecule has 0 radical (unpaired) electrons. The van der Waals surface area contributed by atoms with Gasteiger partial charge in [-0.15, -0.1) is 11.3 Å². The highest BCUT2D eigenvalue weighted by atomic mass is 32.1. The van der Waals surface area contributed by atoms with Crippen LogP contribution in [0.1, 0.15) is 36.6 Å². The number of benzene rings is 1. The van der Waals surface area contributed by atoms with Crippen LogP contribution in [0.25, 0.3) is 0 Å². The number of carbonyl (C=O) groups is 2. The van der Waals surface area contributed by atoms with E-state index in [1.54, 1.807) is 11.8 Å². The van der Waals surface area contributed by atoms with Gasteiger partial charge in [0.25, 0.3) is 0 Å². The standard InChI is InChI=1S/C21H27N3O3S/c1-14-5-6-19(15(2)11-14)24(16(3)25)21-22-18(13-28-21)12-23-9-7-17(8-10-23)20(26)27-4/h5-6,11,13,17H,7-10,12H2,1-4H3. The average molecular weight is 402 g/mol. The Kier molecular flexibility index (Phi) is 6.46. The van der Waals surface area contributed by atoms with Gasteiger partial charge in [-0.05, 0) is 51.4 Å². The number of piperidine rings is 1. The van der Waals surface area contributed by atoms with Crippen molar-refractivity contribution in [2.75, 3.05) is 25.1 Å². The van der Waals surface area contributed by atoms with Crippen LogP contribution in [0.4, 0.5) is 10.8 Å². The maximum absolute atomic E-state index is 12.3. The molecule has 0 atom stereocenters. The lowest BCUT2D eigenvalue weighted by molar-refractivity contribution is -0.147. The predicted octanol–water partition coefficient (Wildman–Crippen LogP) is 3.83. The SMILES string of the molecule is COC(=O)C1CCN(Cc2csc(N(C(C)=O)c3ccc(C)cc3C)n2)CC1. The number of hydrogen-bond acceptors (Lipinski definition) is 6. The first-order valence-electron chi connectivity index (χ1n) is 9.51. The van der Waals surface area contributed by atoms with E-state index in [0.29, 0.717) is 5.13 Å². The second kappa shape index (κ2) is 8.84. The maximum atomic E-state index is 12.3. The highest BCUT2D eigenvalue weighted by Gasteiger charge is 2.26. The minimum absolute atomic E-state index is 0.00459. The number of carbonyl (C=O) groups excluding carboxylic acids is 2. The highest BCUT2D eigenvalue weighted by Crippen LogP contribution is 2.32. The second-order valence-corrected chi connectivity index (χ2v) is 8.18. The van der Waals surface area contributed by atoms with Gasteiger partial charge >= 0.3 is 5.97 Å². The van der Waals surface area contributed by atoms with E-state index in [1.165, 1.54) is 24.0 Å². The molecule has 1 aromatic carbocycles. The number of aryl methyl sites for hydroxylation is 2. The number of likely N-dealkylation sites (tertiary alicyclic amines) is 1. The normalized spacial score (nSPS) is 15.4. The molecule has 1 saturated heterocycles. The Morgan fingerprint density at radius 2 is 2.00 bits per heavy atom.